The van der Waals surface area contributed by atoms with Crippen LogP contribution < -0.4 is 15.4 Å². The first-order chi connectivity index (χ1) is 19.0. The van der Waals surface area contributed by atoms with Crippen LogP contribution in [0.4, 0.5) is 11.4 Å². The fourth-order valence-electron chi connectivity index (χ4n) is 3.41. The second-order valence-electron chi connectivity index (χ2n) is 8.27. The van der Waals surface area contributed by atoms with Crippen LogP contribution in [0, 0.1) is 0 Å². The third-order valence-electron chi connectivity index (χ3n) is 5.39. The number of aliphatic imine (C=N–C) groups is 1. The van der Waals surface area contributed by atoms with Crippen molar-refractivity contribution >= 4 is 35.4 Å². The van der Waals surface area contributed by atoms with Gasteiger partial charge in [-0.15, -0.1) is 0 Å². The Morgan fingerprint density at radius 2 is 1.62 bits per heavy atom. The number of nitrogens with zero attached hydrogens (tertiary/aromatic N) is 1. The van der Waals surface area contributed by atoms with Gasteiger partial charge in [0.1, 0.15) is 23.9 Å². The maximum absolute atomic E-state index is 12.2. The van der Waals surface area contributed by atoms with Gasteiger partial charge in [0.25, 0.3) is 0 Å². The normalized spacial score (nSPS) is 10.7. The lowest BCUT2D eigenvalue weighted by Crippen LogP contribution is -2.34. The predicted octanol–water partition coefficient (Wildman–Crippen LogP) is 5.04. The molecule has 0 unspecified atom stereocenters. The van der Waals surface area contributed by atoms with Crippen molar-refractivity contribution in [3.8, 4) is 5.75 Å². The lowest BCUT2D eigenvalue weighted by molar-refractivity contribution is -0.136. The average molecular weight is 526 g/mol. The number of benzene rings is 3. The van der Waals surface area contributed by atoms with E-state index in [2.05, 4.69) is 15.6 Å². The lowest BCUT2D eigenvalue weighted by atomic mass is 10.2. The van der Waals surface area contributed by atoms with Gasteiger partial charge in [-0.2, -0.15) is 0 Å². The quantitative estimate of drug-likeness (QED) is 0.170. The third-order valence-corrected chi connectivity index (χ3v) is 5.39. The van der Waals surface area contributed by atoms with E-state index in [0.29, 0.717) is 29.4 Å². The maximum atomic E-state index is 12.2. The van der Waals surface area contributed by atoms with Crippen LogP contribution in [0.15, 0.2) is 100 Å². The van der Waals surface area contributed by atoms with E-state index in [-0.39, 0.29) is 13.2 Å². The van der Waals surface area contributed by atoms with Gasteiger partial charge in [-0.3, -0.25) is 14.6 Å². The summed E-state index contributed by atoms with van der Waals surface area (Å²) in [7, 11) is 0. The number of rotatable bonds is 10. The van der Waals surface area contributed by atoms with Crippen molar-refractivity contribution in [2.24, 2.45) is 4.99 Å². The van der Waals surface area contributed by atoms with Crippen LogP contribution in [0.3, 0.4) is 0 Å². The van der Waals surface area contributed by atoms with Crippen LogP contribution in [-0.2, 0) is 27.5 Å². The summed E-state index contributed by atoms with van der Waals surface area (Å²) in [4.78, 5) is 40.5. The molecule has 1 aromatic heterocycles. The van der Waals surface area contributed by atoms with E-state index in [1.165, 1.54) is 24.3 Å². The van der Waals surface area contributed by atoms with Gasteiger partial charge in [0.15, 0.2) is 0 Å². The van der Waals surface area contributed by atoms with Crippen molar-refractivity contribution in [2.45, 2.75) is 20.1 Å². The summed E-state index contributed by atoms with van der Waals surface area (Å²) in [6, 6.07) is 26.7. The molecule has 198 valence electrons. The molecule has 0 fully saturated rings. The van der Waals surface area contributed by atoms with Crippen molar-refractivity contribution in [1.82, 2.24) is 5.32 Å². The molecule has 0 aliphatic heterocycles. The summed E-state index contributed by atoms with van der Waals surface area (Å²) in [6.45, 7) is 2.49. The number of hydrogen-bond acceptors (Lipinski definition) is 7. The molecule has 0 bridgehead atoms. The second kappa shape index (κ2) is 13.4. The molecule has 0 aliphatic carbocycles. The molecule has 2 N–H and O–H groups in total. The zero-order chi connectivity index (χ0) is 27.5. The van der Waals surface area contributed by atoms with Gasteiger partial charge in [0, 0.05) is 5.69 Å². The van der Waals surface area contributed by atoms with Crippen LogP contribution in [0.25, 0.3) is 0 Å². The van der Waals surface area contributed by atoms with Gasteiger partial charge in [0.05, 0.1) is 30.6 Å². The van der Waals surface area contributed by atoms with E-state index in [4.69, 9.17) is 13.9 Å². The van der Waals surface area contributed by atoms with Crippen LogP contribution in [0.2, 0.25) is 0 Å². The zero-order valence-corrected chi connectivity index (χ0v) is 21.3. The minimum Gasteiger partial charge on any atom is -0.489 e. The van der Waals surface area contributed by atoms with E-state index in [1.807, 2.05) is 54.6 Å². The van der Waals surface area contributed by atoms with E-state index in [1.54, 1.807) is 25.3 Å². The second-order valence-corrected chi connectivity index (χ2v) is 8.27. The van der Waals surface area contributed by atoms with E-state index >= 15 is 0 Å². The number of nitrogens with one attached hydrogen (secondary N) is 2. The number of hydrogen-bond donors (Lipinski definition) is 2. The first kappa shape index (κ1) is 26.9. The monoisotopic (exact) mass is 525 g/mol. The topological polar surface area (TPSA) is 119 Å². The molecule has 4 aromatic rings. The van der Waals surface area contributed by atoms with Crippen molar-refractivity contribution < 1.29 is 28.3 Å². The molecule has 0 spiro atoms. The largest absolute Gasteiger partial charge is 0.489 e. The number of carbonyl (C=O) groups excluding carboxylic acids is 3. The Balaban J connectivity index is 1.22. The van der Waals surface area contributed by atoms with Crippen molar-refractivity contribution in [1.29, 1.82) is 0 Å². The number of amides is 2. The maximum Gasteiger partial charge on any atom is 0.338 e. The van der Waals surface area contributed by atoms with E-state index in [9.17, 15) is 14.4 Å². The fraction of sp³-hybridized carbons (Fsp3) is 0.133. The minimum atomic E-state index is -0.844. The van der Waals surface area contributed by atoms with Crippen LogP contribution in [0.5, 0.6) is 5.75 Å². The number of esters is 1. The number of anilines is 1. The van der Waals surface area contributed by atoms with Crippen LogP contribution in [-0.4, -0.2) is 30.6 Å². The molecule has 0 saturated carbocycles. The number of furan rings is 1. The van der Waals surface area contributed by atoms with E-state index in [0.717, 1.165) is 17.0 Å². The summed E-state index contributed by atoms with van der Waals surface area (Å²) in [5.74, 6) is -0.436. The average Bonchev–Trinajstić information content (AvgIpc) is 3.43. The molecule has 0 aliphatic rings. The summed E-state index contributed by atoms with van der Waals surface area (Å²) >= 11 is 0. The highest BCUT2D eigenvalue weighted by Crippen LogP contribution is 2.19. The SMILES string of the molecule is CCOC(=O)c1ccc(NC(=O)C(=O)NCc2ccc(C=Nc3ccc(OCc4ccccc4)cc3)o2)cc1. The molecule has 0 radical (unpaired) electrons. The first-order valence-electron chi connectivity index (χ1n) is 12.3. The smallest absolute Gasteiger partial charge is 0.338 e. The molecule has 1 heterocycles. The summed E-state index contributed by atoms with van der Waals surface area (Å²) < 4.78 is 16.4. The Labute approximate surface area is 225 Å². The molecule has 9 nitrogen and oxygen atoms in total. The van der Waals surface area contributed by atoms with Gasteiger partial charge < -0.3 is 24.5 Å². The van der Waals surface area contributed by atoms with Gasteiger partial charge in [-0.25, -0.2) is 4.79 Å². The van der Waals surface area contributed by atoms with Gasteiger partial charge >= 0.3 is 17.8 Å². The Morgan fingerprint density at radius 1 is 0.872 bits per heavy atom. The number of ether oxygens (including phenoxy) is 2. The molecule has 0 atom stereocenters. The van der Waals surface area contributed by atoms with Crippen LogP contribution >= 0.6 is 0 Å². The zero-order valence-electron chi connectivity index (χ0n) is 21.3. The molecule has 9 heteroatoms. The molecular formula is C30H27N3O6. The van der Waals surface area contributed by atoms with E-state index < -0.39 is 17.8 Å². The number of carbonyl (C=O) groups is 3. The highest BCUT2D eigenvalue weighted by molar-refractivity contribution is 6.39. The van der Waals surface area contributed by atoms with Crippen molar-refractivity contribution in [3.63, 3.8) is 0 Å². The Morgan fingerprint density at radius 3 is 2.33 bits per heavy atom. The molecule has 0 saturated heterocycles. The Hall–Kier alpha value is -5.18. The highest BCUT2D eigenvalue weighted by Gasteiger charge is 2.15. The summed E-state index contributed by atoms with van der Waals surface area (Å²) in [5.41, 5.74) is 2.53. The van der Waals surface area contributed by atoms with Gasteiger partial charge in [-0.05, 0) is 73.2 Å². The molecule has 4 rings (SSSR count). The van der Waals surface area contributed by atoms with Crippen LogP contribution in [0.1, 0.15) is 34.4 Å². The minimum absolute atomic E-state index is 0.0232. The van der Waals surface area contributed by atoms with Crippen molar-refractivity contribution in [3.05, 3.63) is 114 Å². The molecule has 39 heavy (non-hydrogen) atoms. The first-order valence-corrected chi connectivity index (χ1v) is 12.3. The Bertz CT molecular complexity index is 1430. The highest BCUT2D eigenvalue weighted by atomic mass is 16.5. The lowest BCUT2D eigenvalue weighted by Gasteiger charge is -2.07. The molecule has 3 aromatic carbocycles. The summed E-state index contributed by atoms with van der Waals surface area (Å²) in [6.07, 6.45) is 1.57. The van der Waals surface area contributed by atoms with Gasteiger partial charge in [-0.1, -0.05) is 30.3 Å². The predicted molar refractivity (Wildman–Crippen MR) is 146 cm³/mol. The standard InChI is InChI=1S/C30H27N3O6/c1-2-37-30(36)22-8-10-24(11-9-22)33-29(35)28(34)32-19-27-17-16-26(39-27)18-31-23-12-14-25(15-13-23)38-20-21-6-4-3-5-7-21/h3-18H,2,19-20H2,1H3,(H,32,34)(H,33,35). The van der Waals surface area contributed by atoms with Gasteiger partial charge in [0.2, 0.25) is 0 Å². The van der Waals surface area contributed by atoms with Crippen molar-refractivity contribution in [2.75, 3.05) is 11.9 Å². The molecule has 2 amide bonds. The summed E-state index contributed by atoms with van der Waals surface area (Å²) in [5, 5.41) is 4.98. The Kier molecular flexibility index (Phi) is 9.22. The molecular weight excluding hydrogens is 498 g/mol. The fourth-order valence-corrected chi connectivity index (χ4v) is 3.41. The third kappa shape index (κ3) is 8.16.